The Morgan fingerprint density at radius 2 is 1.97 bits per heavy atom. The number of rotatable bonds is 5. The molecule has 0 N–H and O–H groups in total. The molecule has 1 unspecified atom stereocenters. The number of benzene rings is 1. The molecule has 3 aromatic rings. The number of aromatic nitrogens is 1. The second-order valence-corrected chi connectivity index (χ2v) is 7.34. The third-order valence-corrected chi connectivity index (χ3v) is 5.63. The van der Waals surface area contributed by atoms with Crippen molar-refractivity contribution in [3.05, 3.63) is 83.0 Å². The van der Waals surface area contributed by atoms with E-state index in [1.54, 1.807) is 12.1 Å². The van der Waals surface area contributed by atoms with Crippen LogP contribution in [0.5, 0.6) is 0 Å². The van der Waals surface area contributed by atoms with Crippen LogP contribution in [0.25, 0.3) is 0 Å². The molecule has 150 valence electrons. The highest BCUT2D eigenvalue weighted by molar-refractivity contribution is 6.31. The van der Waals surface area contributed by atoms with Gasteiger partial charge in [-0.3, -0.25) is 9.59 Å². The Balaban J connectivity index is 1.63. The van der Waals surface area contributed by atoms with Gasteiger partial charge in [0.25, 0.3) is 5.91 Å². The molecule has 3 heterocycles. The molecular weight excluding hydrogens is 390 g/mol. The highest BCUT2D eigenvalue weighted by Gasteiger charge is 2.34. The van der Waals surface area contributed by atoms with E-state index in [1.165, 1.54) is 11.2 Å². The quantitative estimate of drug-likeness (QED) is 0.641. The number of carbonyl (C=O) groups is 2. The number of hydrogen-bond donors (Lipinski definition) is 0. The Morgan fingerprint density at radius 1 is 1.14 bits per heavy atom. The van der Waals surface area contributed by atoms with Gasteiger partial charge in [0.2, 0.25) is 5.91 Å². The maximum atomic E-state index is 13.3. The first-order valence-corrected chi connectivity index (χ1v) is 9.99. The first kappa shape index (κ1) is 19.3. The maximum Gasteiger partial charge on any atom is 0.290 e. The molecule has 1 aromatic carbocycles. The molecule has 0 saturated heterocycles. The lowest BCUT2D eigenvalue weighted by Gasteiger charge is -2.38. The predicted octanol–water partition coefficient (Wildman–Crippen LogP) is 3.83. The van der Waals surface area contributed by atoms with Crippen molar-refractivity contribution in [3.8, 4) is 0 Å². The van der Waals surface area contributed by atoms with Gasteiger partial charge < -0.3 is 18.8 Å². The van der Waals surface area contributed by atoms with Gasteiger partial charge in [-0.1, -0.05) is 29.8 Å². The standard InChI is InChI=1S/C22H22ClN3O3/c1-2-24(22(28)19-10-6-14-29-19)15-20(27)26-13-12-25-11-5-9-18(25)21(26)16-7-3-4-8-17(16)23/h3-11,14,21H,2,12-13,15H2,1H3. The Morgan fingerprint density at radius 3 is 2.69 bits per heavy atom. The lowest BCUT2D eigenvalue weighted by molar-refractivity contribution is -0.134. The fraction of sp³-hybridized carbons (Fsp3) is 0.273. The molecule has 2 amide bonds. The number of halogens is 1. The summed E-state index contributed by atoms with van der Waals surface area (Å²) in [5.74, 6) is -0.181. The summed E-state index contributed by atoms with van der Waals surface area (Å²) < 4.78 is 7.35. The summed E-state index contributed by atoms with van der Waals surface area (Å²) in [4.78, 5) is 29.3. The van der Waals surface area contributed by atoms with E-state index in [-0.39, 0.29) is 30.2 Å². The second-order valence-electron chi connectivity index (χ2n) is 6.93. The molecule has 2 aromatic heterocycles. The van der Waals surface area contributed by atoms with Gasteiger partial charge >= 0.3 is 0 Å². The normalized spacial score (nSPS) is 15.8. The minimum Gasteiger partial charge on any atom is -0.459 e. The predicted molar refractivity (Wildman–Crippen MR) is 110 cm³/mol. The van der Waals surface area contributed by atoms with Crippen molar-refractivity contribution in [2.24, 2.45) is 0 Å². The fourth-order valence-corrected chi connectivity index (χ4v) is 4.05. The average Bonchev–Trinajstić information content (AvgIpc) is 3.43. The smallest absolute Gasteiger partial charge is 0.290 e. The molecule has 1 aliphatic rings. The molecule has 0 spiro atoms. The fourth-order valence-electron chi connectivity index (χ4n) is 3.81. The molecule has 4 rings (SSSR count). The first-order valence-electron chi connectivity index (χ1n) is 9.62. The summed E-state index contributed by atoms with van der Waals surface area (Å²) in [6.45, 7) is 3.49. The van der Waals surface area contributed by atoms with E-state index >= 15 is 0 Å². The number of amides is 2. The largest absolute Gasteiger partial charge is 0.459 e. The van der Waals surface area contributed by atoms with Gasteiger partial charge in [0, 0.05) is 36.5 Å². The van der Waals surface area contributed by atoms with Gasteiger partial charge in [-0.2, -0.15) is 0 Å². The van der Waals surface area contributed by atoms with Crippen molar-refractivity contribution < 1.29 is 14.0 Å². The zero-order valence-corrected chi connectivity index (χ0v) is 16.9. The molecule has 0 radical (unpaired) electrons. The van der Waals surface area contributed by atoms with Crippen LogP contribution >= 0.6 is 11.6 Å². The number of fused-ring (bicyclic) bond motifs is 1. The summed E-state index contributed by atoms with van der Waals surface area (Å²) >= 11 is 6.49. The van der Waals surface area contributed by atoms with Gasteiger partial charge in [0.05, 0.1) is 12.3 Å². The maximum absolute atomic E-state index is 13.3. The SMILES string of the molecule is CCN(CC(=O)N1CCn2cccc2C1c1ccccc1Cl)C(=O)c1ccco1. The molecule has 0 bridgehead atoms. The Labute approximate surface area is 174 Å². The minimum atomic E-state index is -0.294. The first-order chi connectivity index (χ1) is 14.1. The van der Waals surface area contributed by atoms with Crippen molar-refractivity contribution in [2.75, 3.05) is 19.6 Å². The van der Waals surface area contributed by atoms with Crippen LogP contribution in [0.4, 0.5) is 0 Å². The van der Waals surface area contributed by atoms with Gasteiger partial charge in [-0.25, -0.2) is 0 Å². The third kappa shape index (κ3) is 3.68. The number of likely N-dealkylation sites (N-methyl/N-ethyl adjacent to an activating group) is 1. The van der Waals surface area contributed by atoms with Crippen molar-refractivity contribution in [2.45, 2.75) is 19.5 Å². The van der Waals surface area contributed by atoms with Gasteiger partial charge in [0.1, 0.15) is 6.54 Å². The number of carbonyl (C=O) groups excluding carboxylic acids is 2. The molecule has 1 atom stereocenters. The Kier molecular flexibility index (Phi) is 5.45. The van der Waals surface area contributed by atoms with E-state index in [2.05, 4.69) is 4.57 Å². The Bertz CT molecular complexity index is 1010. The van der Waals surface area contributed by atoms with Gasteiger partial charge in [-0.05, 0) is 42.8 Å². The molecule has 7 heteroatoms. The zero-order valence-electron chi connectivity index (χ0n) is 16.1. The van der Waals surface area contributed by atoms with Gasteiger partial charge in [0.15, 0.2) is 5.76 Å². The summed E-state index contributed by atoms with van der Waals surface area (Å²) in [7, 11) is 0. The van der Waals surface area contributed by atoms with Crippen LogP contribution in [-0.2, 0) is 11.3 Å². The highest BCUT2D eigenvalue weighted by atomic mass is 35.5. The van der Waals surface area contributed by atoms with E-state index in [0.29, 0.717) is 24.7 Å². The summed E-state index contributed by atoms with van der Waals surface area (Å²) in [6, 6.07) is 14.5. The van der Waals surface area contributed by atoms with Crippen LogP contribution in [0.2, 0.25) is 5.02 Å². The van der Waals surface area contributed by atoms with E-state index in [9.17, 15) is 9.59 Å². The van der Waals surface area contributed by atoms with Crippen molar-refractivity contribution in [1.82, 2.24) is 14.4 Å². The third-order valence-electron chi connectivity index (χ3n) is 5.29. The topological polar surface area (TPSA) is 58.7 Å². The van der Waals surface area contributed by atoms with Crippen molar-refractivity contribution in [1.29, 1.82) is 0 Å². The van der Waals surface area contributed by atoms with Crippen LogP contribution in [0.15, 0.2) is 65.4 Å². The number of nitrogens with zero attached hydrogens (tertiary/aromatic N) is 3. The lowest BCUT2D eigenvalue weighted by Crippen LogP contribution is -2.48. The summed E-state index contributed by atoms with van der Waals surface area (Å²) in [5, 5.41) is 0.615. The lowest BCUT2D eigenvalue weighted by atomic mass is 9.99. The van der Waals surface area contributed by atoms with E-state index < -0.39 is 0 Å². The molecule has 1 aliphatic heterocycles. The molecule has 0 aliphatic carbocycles. The van der Waals surface area contributed by atoms with E-state index in [0.717, 1.165) is 11.3 Å². The minimum absolute atomic E-state index is 0.0162. The van der Waals surface area contributed by atoms with Crippen LogP contribution in [0.3, 0.4) is 0 Å². The molecule has 29 heavy (non-hydrogen) atoms. The number of furan rings is 1. The van der Waals surface area contributed by atoms with E-state index in [4.69, 9.17) is 16.0 Å². The van der Waals surface area contributed by atoms with Crippen molar-refractivity contribution in [3.63, 3.8) is 0 Å². The van der Waals surface area contributed by atoms with Crippen LogP contribution in [0.1, 0.15) is 34.8 Å². The van der Waals surface area contributed by atoms with Crippen LogP contribution < -0.4 is 0 Å². The molecular formula is C22H22ClN3O3. The number of hydrogen-bond acceptors (Lipinski definition) is 3. The monoisotopic (exact) mass is 411 g/mol. The molecule has 6 nitrogen and oxygen atoms in total. The zero-order chi connectivity index (χ0) is 20.4. The van der Waals surface area contributed by atoms with Gasteiger partial charge in [-0.15, -0.1) is 0 Å². The summed E-state index contributed by atoms with van der Waals surface area (Å²) in [6.07, 6.45) is 3.47. The second kappa shape index (κ2) is 8.17. The Hall–Kier alpha value is -2.99. The highest BCUT2D eigenvalue weighted by Crippen LogP contribution is 2.36. The molecule has 0 saturated carbocycles. The van der Waals surface area contributed by atoms with E-state index in [1.807, 2.05) is 54.4 Å². The van der Waals surface area contributed by atoms with Crippen LogP contribution in [-0.4, -0.2) is 45.8 Å². The average molecular weight is 412 g/mol. The molecule has 0 fully saturated rings. The van der Waals surface area contributed by atoms with Crippen LogP contribution in [0, 0.1) is 0 Å². The van der Waals surface area contributed by atoms with Crippen molar-refractivity contribution >= 4 is 23.4 Å². The summed E-state index contributed by atoms with van der Waals surface area (Å²) in [5.41, 5.74) is 1.89.